The Balaban J connectivity index is 2.08. The highest BCUT2D eigenvalue weighted by atomic mass is 16.4. The number of aliphatic carboxylic acids is 1. The average molecular weight is 298 g/mol. The van der Waals surface area contributed by atoms with Crippen molar-refractivity contribution >= 4 is 22.8 Å². The summed E-state index contributed by atoms with van der Waals surface area (Å²) in [5.74, 6) is -0.870. The van der Waals surface area contributed by atoms with E-state index < -0.39 is 12.0 Å². The van der Waals surface area contributed by atoms with Crippen LogP contribution in [0.3, 0.4) is 0 Å². The predicted molar refractivity (Wildman–Crippen MR) is 82.9 cm³/mol. The largest absolute Gasteiger partial charge is 0.480 e. The smallest absolute Gasteiger partial charge is 0.326 e. The van der Waals surface area contributed by atoms with Crippen LogP contribution in [-0.4, -0.2) is 40.0 Å². The molecule has 1 atom stereocenters. The number of rotatable bonds is 4. The van der Waals surface area contributed by atoms with Gasteiger partial charge in [0.1, 0.15) is 6.04 Å². The lowest BCUT2D eigenvalue weighted by Gasteiger charge is -2.22. The number of aromatic nitrogens is 1. The van der Waals surface area contributed by atoms with Gasteiger partial charge in [0.2, 0.25) is 0 Å². The Morgan fingerprint density at radius 1 is 1.32 bits per heavy atom. The van der Waals surface area contributed by atoms with E-state index in [0.717, 1.165) is 29.4 Å². The fraction of sp³-hybridized carbons (Fsp3) is 0.353. The molecule has 1 unspecified atom stereocenters. The second-order valence-corrected chi connectivity index (χ2v) is 5.82. The number of carboxylic acid groups (broad SMARTS) is 1. The Bertz CT molecular complexity index is 753. The maximum atomic E-state index is 12.7. The van der Waals surface area contributed by atoms with Crippen molar-refractivity contribution in [1.82, 2.24) is 9.88 Å². The fourth-order valence-electron chi connectivity index (χ4n) is 2.49. The highest BCUT2D eigenvalue weighted by molar-refractivity contribution is 6.07. The first-order valence-corrected chi connectivity index (χ1v) is 7.38. The highest BCUT2D eigenvalue weighted by Gasteiger charge is 2.29. The maximum absolute atomic E-state index is 12.7. The van der Waals surface area contributed by atoms with Gasteiger partial charge in [0, 0.05) is 24.0 Å². The summed E-state index contributed by atoms with van der Waals surface area (Å²) in [6.07, 6.45) is 2.20. The first-order valence-electron chi connectivity index (χ1n) is 7.38. The van der Waals surface area contributed by atoms with E-state index in [2.05, 4.69) is 4.98 Å². The molecule has 1 aliphatic rings. The normalized spacial score (nSPS) is 15.5. The molecular formula is C17H18N2O3. The van der Waals surface area contributed by atoms with Crippen LogP contribution in [0.1, 0.15) is 41.7 Å². The van der Waals surface area contributed by atoms with E-state index in [9.17, 15) is 9.59 Å². The first-order chi connectivity index (χ1) is 10.5. The molecule has 0 saturated heterocycles. The number of fused-ring (bicyclic) bond motifs is 1. The highest BCUT2D eigenvalue weighted by Crippen LogP contribution is 2.40. The molecule has 1 heterocycles. The molecule has 5 heteroatoms. The van der Waals surface area contributed by atoms with Crippen molar-refractivity contribution in [2.45, 2.75) is 31.7 Å². The number of hydrogen-bond donors (Lipinski definition) is 1. The van der Waals surface area contributed by atoms with Gasteiger partial charge in [0.15, 0.2) is 0 Å². The number of benzene rings is 1. The van der Waals surface area contributed by atoms with Crippen molar-refractivity contribution in [2.24, 2.45) is 0 Å². The summed E-state index contributed by atoms with van der Waals surface area (Å²) in [6.45, 7) is 1.51. The fourth-order valence-corrected chi connectivity index (χ4v) is 2.49. The first kappa shape index (κ1) is 14.5. The number of amides is 1. The molecule has 114 valence electrons. The number of pyridine rings is 1. The molecule has 0 spiro atoms. The Morgan fingerprint density at radius 3 is 2.64 bits per heavy atom. The average Bonchev–Trinajstić information content (AvgIpc) is 3.36. The van der Waals surface area contributed by atoms with Gasteiger partial charge in [-0.15, -0.1) is 0 Å². The number of para-hydroxylation sites is 1. The third-order valence-corrected chi connectivity index (χ3v) is 4.22. The van der Waals surface area contributed by atoms with Gasteiger partial charge in [0.05, 0.1) is 11.1 Å². The minimum absolute atomic E-state index is 0.282. The van der Waals surface area contributed by atoms with Crippen LogP contribution in [0.2, 0.25) is 0 Å². The number of likely N-dealkylation sites (N-methyl/N-ethyl adjacent to an activating group) is 1. The standard InChI is InChI=1S/C17H18N2O3/c1-10(17(21)22)19(2)16(20)13-9-15(11-7-8-11)18-14-6-4-3-5-12(13)14/h3-6,9-11H,7-8H2,1-2H3,(H,21,22). The summed E-state index contributed by atoms with van der Waals surface area (Å²) in [7, 11) is 1.52. The van der Waals surface area contributed by atoms with E-state index in [4.69, 9.17) is 5.11 Å². The lowest BCUT2D eigenvalue weighted by Crippen LogP contribution is -2.40. The van der Waals surface area contributed by atoms with Gasteiger partial charge in [-0.1, -0.05) is 18.2 Å². The number of carbonyl (C=O) groups is 2. The van der Waals surface area contributed by atoms with Gasteiger partial charge >= 0.3 is 5.97 Å². The third kappa shape index (κ3) is 2.54. The molecule has 1 aromatic heterocycles. The SMILES string of the molecule is CC(C(=O)O)N(C)C(=O)c1cc(C2CC2)nc2ccccc12. The maximum Gasteiger partial charge on any atom is 0.326 e. The van der Waals surface area contributed by atoms with Crippen LogP contribution < -0.4 is 0 Å². The third-order valence-electron chi connectivity index (χ3n) is 4.22. The molecular weight excluding hydrogens is 280 g/mol. The van der Waals surface area contributed by atoms with E-state index in [1.54, 1.807) is 0 Å². The summed E-state index contributed by atoms with van der Waals surface area (Å²) < 4.78 is 0. The molecule has 0 radical (unpaired) electrons. The Morgan fingerprint density at radius 2 is 2.00 bits per heavy atom. The molecule has 5 nitrogen and oxygen atoms in total. The zero-order valence-electron chi connectivity index (χ0n) is 12.6. The molecule has 1 aromatic carbocycles. The van der Waals surface area contributed by atoms with Crippen LogP contribution in [0.25, 0.3) is 10.9 Å². The summed E-state index contributed by atoms with van der Waals surface area (Å²) in [5.41, 5.74) is 2.24. The van der Waals surface area contributed by atoms with Gasteiger partial charge in [-0.3, -0.25) is 9.78 Å². The summed E-state index contributed by atoms with van der Waals surface area (Å²) in [6, 6.07) is 8.45. The van der Waals surface area contributed by atoms with Gasteiger partial charge in [-0.05, 0) is 31.9 Å². The molecule has 1 aliphatic carbocycles. The minimum Gasteiger partial charge on any atom is -0.480 e. The lowest BCUT2D eigenvalue weighted by atomic mass is 10.0. The quantitative estimate of drug-likeness (QED) is 0.942. The topological polar surface area (TPSA) is 70.5 Å². The minimum atomic E-state index is -1.02. The molecule has 0 aliphatic heterocycles. The monoisotopic (exact) mass is 298 g/mol. The molecule has 0 bridgehead atoms. The van der Waals surface area contributed by atoms with Crippen LogP contribution in [0.5, 0.6) is 0 Å². The van der Waals surface area contributed by atoms with Crippen molar-refractivity contribution in [3.05, 3.63) is 41.6 Å². The van der Waals surface area contributed by atoms with E-state index in [0.29, 0.717) is 11.5 Å². The Hall–Kier alpha value is -2.43. The Labute approximate surface area is 128 Å². The van der Waals surface area contributed by atoms with Crippen LogP contribution in [0.15, 0.2) is 30.3 Å². The van der Waals surface area contributed by atoms with Gasteiger partial charge in [0.25, 0.3) is 5.91 Å². The van der Waals surface area contributed by atoms with Gasteiger partial charge in [-0.2, -0.15) is 0 Å². The number of nitrogens with zero attached hydrogens (tertiary/aromatic N) is 2. The molecule has 1 fully saturated rings. The van der Waals surface area contributed by atoms with Crippen molar-refractivity contribution in [2.75, 3.05) is 7.05 Å². The van der Waals surface area contributed by atoms with E-state index in [1.165, 1.54) is 18.9 Å². The summed E-state index contributed by atoms with van der Waals surface area (Å²) in [4.78, 5) is 29.8. The number of hydrogen-bond acceptors (Lipinski definition) is 3. The van der Waals surface area contributed by atoms with Crippen molar-refractivity contribution in [3.8, 4) is 0 Å². The Kier molecular flexibility index (Phi) is 3.56. The van der Waals surface area contributed by atoms with Crippen LogP contribution in [0.4, 0.5) is 0 Å². The predicted octanol–water partition coefficient (Wildman–Crippen LogP) is 2.66. The molecule has 1 saturated carbocycles. The zero-order chi connectivity index (χ0) is 15.9. The number of carbonyl (C=O) groups excluding carboxylic acids is 1. The van der Waals surface area contributed by atoms with E-state index in [-0.39, 0.29) is 5.91 Å². The second-order valence-electron chi connectivity index (χ2n) is 5.82. The molecule has 2 aromatic rings. The summed E-state index contributed by atoms with van der Waals surface area (Å²) >= 11 is 0. The van der Waals surface area contributed by atoms with Crippen molar-refractivity contribution in [3.63, 3.8) is 0 Å². The zero-order valence-corrected chi connectivity index (χ0v) is 12.6. The van der Waals surface area contributed by atoms with Crippen LogP contribution in [0, 0.1) is 0 Å². The van der Waals surface area contributed by atoms with Crippen molar-refractivity contribution in [1.29, 1.82) is 0 Å². The molecule has 1 amide bonds. The van der Waals surface area contributed by atoms with Crippen LogP contribution >= 0.6 is 0 Å². The molecule has 22 heavy (non-hydrogen) atoms. The van der Waals surface area contributed by atoms with Gasteiger partial charge in [-0.25, -0.2) is 4.79 Å². The molecule has 3 rings (SSSR count). The van der Waals surface area contributed by atoms with E-state index >= 15 is 0 Å². The van der Waals surface area contributed by atoms with Crippen molar-refractivity contribution < 1.29 is 14.7 Å². The summed E-state index contributed by atoms with van der Waals surface area (Å²) in [5, 5.41) is 9.87. The van der Waals surface area contributed by atoms with Crippen LogP contribution in [-0.2, 0) is 4.79 Å². The van der Waals surface area contributed by atoms with Gasteiger partial charge < -0.3 is 10.0 Å². The second kappa shape index (κ2) is 5.40. The lowest BCUT2D eigenvalue weighted by molar-refractivity contribution is -0.141. The van der Waals surface area contributed by atoms with E-state index in [1.807, 2.05) is 30.3 Å². The number of carboxylic acids is 1. The molecule has 1 N–H and O–H groups in total.